The van der Waals surface area contributed by atoms with Crippen molar-refractivity contribution in [2.45, 2.75) is 47.1 Å². The molecule has 0 heterocycles. The van der Waals surface area contributed by atoms with Gasteiger partial charge in [0.1, 0.15) is 0 Å². The van der Waals surface area contributed by atoms with Crippen molar-refractivity contribution in [3.63, 3.8) is 0 Å². The Morgan fingerprint density at radius 2 is 1.50 bits per heavy atom. The van der Waals surface area contributed by atoms with Gasteiger partial charge in [0.05, 0.1) is 0 Å². The maximum Gasteiger partial charge on any atom is 0.0172 e. The fourth-order valence-electron chi connectivity index (χ4n) is 4.02. The van der Waals surface area contributed by atoms with Crippen LogP contribution in [0.3, 0.4) is 0 Å². The molecule has 0 saturated heterocycles. The van der Waals surface area contributed by atoms with E-state index in [0.29, 0.717) is 16.9 Å². The van der Waals surface area contributed by atoms with Crippen molar-refractivity contribution in [1.29, 1.82) is 0 Å². The molecule has 0 amide bonds. The smallest absolute Gasteiger partial charge is 0.0172 e. The van der Waals surface area contributed by atoms with Crippen LogP contribution in [0.1, 0.15) is 41.0 Å². The highest BCUT2D eigenvalue weighted by atomic mass is 15.0. The van der Waals surface area contributed by atoms with Crippen LogP contribution in [0.15, 0.2) is 0 Å². The molecule has 0 aromatic heterocycles. The Morgan fingerprint density at radius 1 is 1.08 bits per heavy atom. The van der Waals surface area contributed by atoms with Crippen molar-refractivity contribution < 1.29 is 0 Å². The molecule has 0 aliphatic heterocycles. The van der Waals surface area contributed by atoms with Crippen molar-refractivity contribution in [3.8, 4) is 0 Å². The Labute approximate surface area is 76.9 Å². The zero-order chi connectivity index (χ0) is 9.57. The molecule has 1 aliphatic rings. The van der Waals surface area contributed by atoms with E-state index in [1.165, 1.54) is 6.42 Å². The molecule has 0 unspecified atom stereocenters. The third-order valence-corrected chi connectivity index (χ3v) is 3.98. The molecule has 1 heteroatoms. The first kappa shape index (κ1) is 10.0. The molecule has 0 spiro atoms. The first-order chi connectivity index (χ1) is 5.39. The summed E-state index contributed by atoms with van der Waals surface area (Å²) in [6, 6.07) is 0.676. The minimum atomic E-state index is 0.479. The van der Waals surface area contributed by atoms with Gasteiger partial charge in [-0.15, -0.1) is 0 Å². The predicted octanol–water partition coefficient (Wildman–Crippen LogP) is 2.67. The molecule has 1 N–H and O–H groups in total. The van der Waals surface area contributed by atoms with Gasteiger partial charge >= 0.3 is 0 Å². The van der Waals surface area contributed by atoms with Gasteiger partial charge in [-0.2, -0.15) is 0 Å². The second-order valence-electron chi connectivity index (χ2n) is 5.33. The highest BCUT2D eigenvalue weighted by Gasteiger charge is 2.59. The summed E-state index contributed by atoms with van der Waals surface area (Å²) in [6.07, 6.45) is 1.30. The van der Waals surface area contributed by atoms with Crippen molar-refractivity contribution in [3.05, 3.63) is 0 Å². The van der Waals surface area contributed by atoms with Gasteiger partial charge in [-0.25, -0.2) is 0 Å². The molecule has 1 fully saturated rings. The van der Waals surface area contributed by atoms with Gasteiger partial charge in [-0.05, 0) is 23.8 Å². The van der Waals surface area contributed by atoms with Crippen molar-refractivity contribution in [1.82, 2.24) is 5.32 Å². The van der Waals surface area contributed by atoms with Gasteiger partial charge in [0.25, 0.3) is 0 Å². The maximum atomic E-state index is 3.45. The lowest BCUT2D eigenvalue weighted by atomic mass is 9.44. The molecule has 0 aromatic carbocycles. The van der Waals surface area contributed by atoms with Gasteiger partial charge < -0.3 is 5.32 Å². The van der Waals surface area contributed by atoms with Crippen molar-refractivity contribution in [2.24, 2.45) is 16.7 Å². The summed E-state index contributed by atoms with van der Waals surface area (Å²) >= 11 is 0. The summed E-state index contributed by atoms with van der Waals surface area (Å²) in [4.78, 5) is 0. The fourth-order valence-corrected chi connectivity index (χ4v) is 4.02. The average molecular weight is 169 g/mol. The minimum Gasteiger partial charge on any atom is -0.316 e. The molecule has 72 valence electrons. The zero-order valence-electron chi connectivity index (χ0n) is 9.36. The summed E-state index contributed by atoms with van der Waals surface area (Å²) in [5.74, 6) is 0.863. The summed E-state index contributed by atoms with van der Waals surface area (Å²) in [5.41, 5.74) is 0.958. The average Bonchev–Trinajstić information content (AvgIpc) is 1.85. The normalized spacial score (nSPS) is 37.5. The Morgan fingerprint density at radius 3 is 1.75 bits per heavy atom. The SMILES string of the molecule is CCC1C(C)(C)C(NC)C1(C)C. The quantitative estimate of drug-likeness (QED) is 0.670. The van der Waals surface area contributed by atoms with E-state index in [1.807, 2.05) is 0 Å². The summed E-state index contributed by atoms with van der Waals surface area (Å²) in [7, 11) is 2.08. The predicted molar refractivity (Wildman–Crippen MR) is 54.2 cm³/mol. The van der Waals surface area contributed by atoms with E-state index < -0.39 is 0 Å². The maximum absolute atomic E-state index is 3.45. The second kappa shape index (κ2) is 2.73. The van der Waals surface area contributed by atoms with Crippen LogP contribution in [0.4, 0.5) is 0 Å². The molecular formula is C11H23N. The number of hydrogen-bond acceptors (Lipinski definition) is 1. The summed E-state index contributed by atoms with van der Waals surface area (Å²) in [5, 5.41) is 3.45. The second-order valence-corrected chi connectivity index (χ2v) is 5.33. The van der Waals surface area contributed by atoms with Gasteiger partial charge in [0.15, 0.2) is 0 Å². The van der Waals surface area contributed by atoms with E-state index in [9.17, 15) is 0 Å². The molecule has 0 atom stereocenters. The molecule has 0 bridgehead atoms. The first-order valence-corrected chi connectivity index (χ1v) is 5.06. The van der Waals surface area contributed by atoms with Crippen LogP contribution in [0.5, 0.6) is 0 Å². The van der Waals surface area contributed by atoms with Crippen molar-refractivity contribution in [2.75, 3.05) is 7.05 Å². The summed E-state index contributed by atoms with van der Waals surface area (Å²) in [6.45, 7) is 11.8. The molecule has 1 nitrogen and oxygen atoms in total. The fraction of sp³-hybridized carbons (Fsp3) is 1.00. The van der Waals surface area contributed by atoms with Crippen LogP contribution in [0.2, 0.25) is 0 Å². The molecule has 1 aliphatic carbocycles. The van der Waals surface area contributed by atoms with Crippen LogP contribution in [-0.2, 0) is 0 Å². The third-order valence-electron chi connectivity index (χ3n) is 3.98. The zero-order valence-corrected chi connectivity index (χ0v) is 9.36. The van der Waals surface area contributed by atoms with E-state index in [-0.39, 0.29) is 0 Å². The van der Waals surface area contributed by atoms with Crippen molar-refractivity contribution >= 4 is 0 Å². The number of nitrogens with one attached hydrogen (secondary N) is 1. The van der Waals surface area contributed by atoms with Gasteiger partial charge in [0.2, 0.25) is 0 Å². The van der Waals surface area contributed by atoms with E-state index in [4.69, 9.17) is 0 Å². The monoisotopic (exact) mass is 169 g/mol. The molecule has 1 rings (SSSR count). The lowest BCUT2D eigenvalue weighted by molar-refractivity contribution is -0.125. The van der Waals surface area contributed by atoms with Gasteiger partial charge in [-0.3, -0.25) is 0 Å². The molecule has 1 saturated carbocycles. The topological polar surface area (TPSA) is 12.0 Å². The Bertz CT molecular complexity index is 138. The van der Waals surface area contributed by atoms with Gasteiger partial charge in [0, 0.05) is 6.04 Å². The summed E-state index contributed by atoms with van der Waals surface area (Å²) < 4.78 is 0. The number of rotatable bonds is 2. The van der Waals surface area contributed by atoms with Crippen LogP contribution in [-0.4, -0.2) is 13.1 Å². The van der Waals surface area contributed by atoms with Crippen LogP contribution in [0, 0.1) is 16.7 Å². The highest BCUT2D eigenvalue weighted by Crippen LogP contribution is 2.59. The standard InChI is InChI=1S/C11H23N/c1-7-8-10(2,3)9(12-6)11(8,4)5/h8-9,12H,7H2,1-6H3. The van der Waals surface area contributed by atoms with E-state index >= 15 is 0 Å². The van der Waals surface area contributed by atoms with E-state index in [0.717, 1.165) is 5.92 Å². The Balaban J connectivity index is 2.81. The molecular weight excluding hydrogens is 146 g/mol. The first-order valence-electron chi connectivity index (χ1n) is 5.06. The molecule has 0 radical (unpaired) electrons. The highest BCUT2D eigenvalue weighted by molar-refractivity contribution is 5.11. The largest absolute Gasteiger partial charge is 0.316 e. The van der Waals surface area contributed by atoms with Crippen LogP contribution >= 0.6 is 0 Å². The Kier molecular flexibility index (Phi) is 2.28. The van der Waals surface area contributed by atoms with Gasteiger partial charge in [-0.1, -0.05) is 41.0 Å². The number of hydrogen-bond donors (Lipinski definition) is 1. The lowest BCUT2D eigenvalue weighted by Gasteiger charge is -2.64. The molecule has 0 aromatic rings. The van der Waals surface area contributed by atoms with Crippen LogP contribution < -0.4 is 5.32 Å². The van der Waals surface area contributed by atoms with Crippen LogP contribution in [0.25, 0.3) is 0 Å². The minimum absolute atomic E-state index is 0.479. The lowest BCUT2D eigenvalue weighted by Crippen LogP contribution is -2.68. The van der Waals surface area contributed by atoms with E-state index in [2.05, 4.69) is 47.0 Å². The molecule has 12 heavy (non-hydrogen) atoms. The Hall–Kier alpha value is -0.0400. The third kappa shape index (κ3) is 1.02. The van der Waals surface area contributed by atoms with E-state index in [1.54, 1.807) is 0 Å².